The molecule has 2 rings (SSSR count). The van der Waals surface area contributed by atoms with E-state index in [1.54, 1.807) is 0 Å². The van der Waals surface area contributed by atoms with Crippen LogP contribution in [0.15, 0.2) is 15.9 Å². The fraction of sp³-hybridized carbons (Fsp3) is 0.600. The second kappa shape index (κ2) is 6.26. The Labute approximate surface area is 108 Å². The minimum absolute atomic E-state index is 0. The average Bonchev–Trinajstić information content (AvgIpc) is 2.43. The molecule has 1 aromatic heterocycles. The lowest BCUT2D eigenvalue weighted by molar-refractivity contribution is 0.543. The van der Waals surface area contributed by atoms with Crippen molar-refractivity contribution in [1.82, 2.24) is 5.32 Å². The predicted molar refractivity (Wildman–Crippen MR) is 71.6 cm³/mol. The number of halogens is 2. The molecule has 4 heteroatoms. The molecule has 0 amide bonds. The normalized spacial score (nSPS) is 22.5. The van der Waals surface area contributed by atoms with E-state index >= 15 is 0 Å². The topological polar surface area (TPSA) is 12.0 Å². The Hall–Kier alpha value is 0.620. The van der Waals surface area contributed by atoms with E-state index in [4.69, 9.17) is 0 Å². The van der Waals surface area contributed by atoms with Gasteiger partial charge in [0.25, 0.3) is 0 Å². The van der Waals surface area contributed by atoms with Gasteiger partial charge in [0.1, 0.15) is 0 Å². The van der Waals surface area contributed by atoms with Crippen LogP contribution in [0, 0.1) is 0 Å². The molecule has 0 radical (unpaired) electrons. The Morgan fingerprint density at radius 2 is 2.14 bits per heavy atom. The molecule has 1 unspecified atom stereocenters. The van der Waals surface area contributed by atoms with Crippen molar-refractivity contribution in [3.8, 4) is 0 Å². The summed E-state index contributed by atoms with van der Waals surface area (Å²) in [6.07, 6.45) is 5.39. The minimum Gasteiger partial charge on any atom is -0.309 e. The van der Waals surface area contributed by atoms with Crippen molar-refractivity contribution in [2.75, 3.05) is 6.54 Å². The smallest absolute Gasteiger partial charge is 0.0701 e. The maximum atomic E-state index is 3.60. The molecular formula is C10H15Br2NS. The Kier molecular flexibility index (Phi) is 5.67. The Bertz CT molecular complexity index is 267. The molecule has 0 saturated carbocycles. The van der Waals surface area contributed by atoms with Crippen molar-refractivity contribution in [2.45, 2.75) is 31.7 Å². The first-order valence-corrected chi connectivity index (χ1v) is 6.46. The van der Waals surface area contributed by atoms with Crippen LogP contribution in [0.1, 0.15) is 36.6 Å². The number of rotatable bonds is 1. The van der Waals surface area contributed by atoms with Crippen LogP contribution < -0.4 is 5.32 Å². The van der Waals surface area contributed by atoms with Gasteiger partial charge in [-0.15, -0.1) is 28.3 Å². The molecule has 1 fully saturated rings. The zero-order chi connectivity index (χ0) is 9.10. The van der Waals surface area contributed by atoms with Gasteiger partial charge in [-0.3, -0.25) is 0 Å². The van der Waals surface area contributed by atoms with Crippen LogP contribution >= 0.6 is 44.2 Å². The molecule has 1 aromatic rings. The summed E-state index contributed by atoms with van der Waals surface area (Å²) in [4.78, 5) is 1.48. The van der Waals surface area contributed by atoms with Gasteiger partial charge < -0.3 is 5.32 Å². The lowest BCUT2D eigenvalue weighted by Gasteiger charge is -2.12. The molecule has 0 bridgehead atoms. The van der Waals surface area contributed by atoms with E-state index in [9.17, 15) is 0 Å². The van der Waals surface area contributed by atoms with E-state index in [2.05, 4.69) is 33.4 Å². The minimum atomic E-state index is 0. The maximum Gasteiger partial charge on any atom is 0.0701 e. The lowest BCUT2D eigenvalue weighted by atomic mass is 10.1. The number of nitrogens with one attached hydrogen (secondary N) is 1. The third-order valence-corrected chi connectivity index (χ3v) is 4.24. The fourth-order valence-electron chi connectivity index (χ4n) is 1.79. The van der Waals surface area contributed by atoms with Crippen LogP contribution in [0.3, 0.4) is 0 Å². The lowest BCUT2D eigenvalue weighted by Crippen LogP contribution is -2.19. The second-order valence-corrected chi connectivity index (χ2v) is 5.99. The number of hydrogen-bond acceptors (Lipinski definition) is 2. The van der Waals surface area contributed by atoms with Crippen LogP contribution in [-0.2, 0) is 0 Å². The summed E-state index contributed by atoms with van der Waals surface area (Å²) >= 11 is 5.37. The Morgan fingerprint density at radius 1 is 1.29 bits per heavy atom. The van der Waals surface area contributed by atoms with Gasteiger partial charge in [-0.2, -0.15) is 0 Å². The highest BCUT2D eigenvalue weighted by Crippen LogP contribution is 2.31. The Morgan fingerprint density at radius 3 is 2.86 bits per heavy atom. The van der Waals surface area contributed by atoms with Crippen molar-refractivity contribution < 1.29 is 0 Å². The highest BCUT2D eigenvalue weighted by molar-refractivity contribution is 9.11. The molecule has 0 spiro atoms. The van der Waals surface area contributed by atoms with Gasteiger partial charge >= 0.3 is 0 Å². The van der Waals surface area contributed by atoms with Gasteiger partial charge in [-0.1, -0.05) is 12.8 Å². The molecule has 1 aliphatic rings. The molecule has 1 nitrogen and oxygen atoms in total. The van der Waals surface area contributed by atoms with Crippen LogP contribution in [0.2, 0.25) is 0 Å². The standard InChI is InChI=1S/C10H14BrNS.BrH/c11-10-6-5-9(13-10)8-4-2-1-3-7-12-8;/h5-6,8,12H,1-4,7H2;1H. The number of hydrogen-bond donors (Lipinski definition) is 1. The average molecular weight is 341 g/mol. The molecule has 1 saturated heterocycles. The fourth-order valence-corrected chi connectivity index (χ4v) is 3.32. The van der Waals surface area contributed by atoms with Crippen LogP contribution in [0.4, 0.5) is 0 Å². The summed E-state index contributed by atoms with van der Waals surface area (Å²) in [5.41, 5.74) is 0. The summed E-state index contributed by atoms with van der Waals surface area (Å²) < 4.78 is 1.24. The first-order chi connectivity index (χ1) is 6.36. The quantitative estimate of drug-likeness (QED) is 0.803. The van der Waals surface area contributed by atoms with Crippen molar-refractivity contribution >= 4 is 44.2 Å². The first kappa shape index (κ1) is 12.7. The van der Waals surface area contributed by atoms with E-state index in [0.717, 1.165) is 0 Å². The van der Waals surface area contributed by atoms with Crippen LogP contribution in [-0.4, -0.2) is 6.54 Å². The van der Waals surface area contributed by atoms with Crippen LogP contribution in [0.5, 0.6) is 0 Å². The maximum absolute atomic E-state index is 3.60. The molecular weight excluding hydrogens is 326 g/mol. The van der Waals surface area contributed by atoms with E-state index in [0.29, 0.717) is 6.04 Å². The SMILES string of the molecule is Br.Brc1ccc(C2CCCCCN2)s1. The number of thiophene rings is 1. The largest absolute Gasteiger partial charge is 0.309 e. The van der Waals surface area contributed by atoms with E-state index in [-0.39, 0.29) is 17.0 Å². The van der Waals surface area contributed by atoms with Gasteiger partial charge in [0.15, 0.2) is 0 Å². The molecule has 80 valence electrons. The second-order valence-electron chi connectivity index (χ2n) is 3.50. The highest BCUT2D eigenvalue weighted by atomic mass is 79.9. The van der Waals surface area contributed by atoms with Gasteiger partial charge in [0.05, 0.1) is 3.79 Å². The third kappa shape index (κ3) is 3.33. The summed E-state index contributed by atoms with van der Waals surface area (Å²) in [5.74, 6) is 0. The summed E-state index contributed by atoms with van der Waals surface area (Å²) in [5, 5.41) is 3.60. The van der Waals surface area contributed by atoms with Crippen LogP contribution in [0.25, 0.3) is 0 Å². The molecule has 1 atom stereocenters. The van der Waals surface area contributed by atoms with Gasteiger partial charge in [-0.25, -0.2) is 0 Å². The monoisotopic (exact) mass is 339 g/mol. The summed E-state index contributed by atoms with van der Waals surface area (Å²) in [6, 6.07) is 4.99. The summed E-state index contributed by atoms with van der Waals surface area (Å²) in [7, 11) is 0. The van der Waals surface area contributed by atoms with E-state index in [1.165, 1.54) is 40.9 Å². The van der Waals surface area contributed by atoms with Crippen molar-refractivity contribution in [3.05, 3.63) is 20.8 Å². The first-order valence-electron chi connectivity index (χ1n) is 4.85. The van der Waals surface area contributed by atoms with Gasteiger partial charge in [-0.05, 0) is 47.4 Å². The van der Waals surface area contributed by atoms with Gasteiger partial charge in [0.2, 0.25) is 0 Å². The zero-order valence-electron chi connectivity index (χ0n) is 7.96. The summed E-state index contributed by atoms with van der Waals surface area (Å²) in [6.45, 7) is 1.18. The molecule has 0 aliphatic carbocycles. The third-order valence-electron chi connectivity index (χ3n) is 2.50. The molecule has 14 heavy (non-hydrogen) atoms. The van der Waals surface area contributed by atoms with Gasteiger partial charge in [0, 0.05) is 10.9 Å². The van der Waals surface area contributed by atoms with Crippen molar-refractivity contribution in [1.29, 1.82) is 0 Å². The van der Waals surface area contributed by atoms with Crippen molar-refractivity contribution in [3.63, 3.8) is 0 Å². The van der Waals surface area contributed by atoms with E-state index in [1.807, 2.05) is 11.3 Å². The predicted octanol–water partition coefficient (Wildman–Crippen LogP) is 4.29. The molecule has 1 aliphatic heterocycles. The molecule has 2 heterocycles. The highest BCUT2D eigenvalue weighted by Gasteiger charge is 2.14. The zero-order valence-corrected chi connectivity index (χ0v) is 12.1. The molecule has 0 aromatic carbocycles. The van der Waals surface area contributed by atoms with E-state index < -0.39 is 0 Å². The molecule has 1 N–H and O–H groups in total. The van der Waals surface area contributed by atoms with Crippen molar-refractivity contribution in [2.24, 2.45) is 0 Å². The Balaban J connectivity index is 0.000000980.